The molecule has 0 N–H and O–H groups in total. The van der Waals surface area contributed by atoms with E-state index in [2.05, 4.69) is 31.9 Å². The first kappa shape index (κ1) is 16.6. The highest BCUT2D eigenvalue weighted by Crippen LogP contribution is 2.33. The average molecular weight is 418 g/mol. The smallest absolute Gasteiger partial charge is 0.129 e. The van der Waals surface area contributed by atoms with E-state index in [9.17, 15) is 8.78 Å². The Balaban J connectivity index is 2.30. The van der Waals surface area contributed by atoms with Crippen molar-refractivity contribution in [1.82, 2.24) is 0 Å². The second-order valence-electron chi connectivity index (χ2n) is 5.31. The van der Waals surface area contributed by atoms with Crippen molar-refractivity contribution in [2.75, 3.05) is 10.7 Å². The second-order valence-corrected chi connectivity index (χ2v) is 6.43. The number of benzene rings is 2. The molecule has 112 valence electrons. The van der Waals surface area contributed by atoms with Gasteiger partial charge in [-0.2, -0.15) is 0 Å². The zero-order chi connectivity index (χ0) is 15.3. The summed E-state index contributed by atoms with van der Waals surface area (Å²) in [6, 6.07) is 14.0. The molecule has 0 nitrogen and oxygen atoms in total. The Bertz CT molecular complexity index is 560. The van der Waals surface area contributed by atoms with E-state index < -0.39 is 11.6 Å². The predicted octanol–water partition coefficient (Wildman–Crippen LogP) is 5.53. The summed E-state index contributed by atoms with van der Waals surface area (Å²) >= 11 is 7.04. The molecule has 4 heteroatoms. The Morgan fingerprint density at radius 3 is 1.86 bits per heavy atom. The molecule has 0 heterocycles. The van der Waals surface area contributed by atoms with Gasteiger partial charge in [-0.05, 0) is 36.0 Å². The minimum absolute atomic E-state index is 0.160. The molecule has 0 radical (unpaired) electrons. The maximum absolute atomic E-state index is 13.9. The predicted molar refractivity (Wildman–Crippen MR) is 90.2 cm³/mol. The molecule has 0 unspecified atom stereocenters. The van der Waals surface area contributed by atoms with E-state index in [0.717, 1.165) is 12.0 Å². The molecule has 0 amide bonds. The van der Waals surface area contributed by atoms with Gasteiger partial charge in [0.15, 0.2) is 0 Å². The summed E-state index contributed by atoms with van der Waals surface area (Å²) in [6.07, 6.45) is 1.09. The molecule has 21 heavy (non-hydrogen) atoms. The number of rotatable bonds is 6. The van der Waals surface area contributed by atoms with E-state index in [0.29, 0.717) is 17.1 Å². The van der Waals surface area contributed by atoms with Crippen LogP contribution in [-0.2, 0) is 12.8 Å². The number of halogens is 4. The van der Waals surface area contributed by atoms with Gasteiger partial charge in [0.05, 0.1) is 0 Å². The molecule has 2 rings (SSSR count). The van der Waals surface area contributed by atoms with Crippen molar-refractivity contribution < 1.29 is 8.78 Å². The highest BCUT2D eigenvalue weighted by Gasteiger charge is 2.31. The van der Waals surface area contributed by atoms with Gasteiger partial charge in [0.25, 0.3) is 0 Å². The summed E-state index contributed by atoms with van der Waals surface area (Å²) in [5.74, 6) is -0.955. The van der Waals surface area contributed by atoms with Gasteiger partial charge in [0.2, 0.25) is 0 Å². The molecule has 0 saturated heterocycles. The molecule has 0 spiro atoms. The third-order valence-electron chi connectivity index (χ3n) is 3.60. The minimum Gasteiger partial charge on any atom is -0.207 e. The molecule has 0 aromatic heterocycles. The Kier molecular flexibility index (Phi) is 5.94. The maximum atomic E-state index is 13.9. The molecule has 0 aliphatic heterocycles. The van der Waals surface area contributed by atoms with Gasteiger partial charge in [-0.25, -0.2) is 8.78 Å². The highest BCUT2D eigenvalue weighted by atomic mass is 79.9. The molecule has 0 atom stereocenters. The lowest BCUT2D eigenvalue weighted by Gasteiger charge is -2.30. The molecule has 0 fully saturated rings. The summed E-state index contributed by atoms with van der Waals surface area (Å²) < 4.78 is 27.8. The van der Waals surface area contributed by atoms with Crippen molar-refractivity contribution in [3.63, 3.8) is 0 Å². The van der Waals surface area contributed by atoms with E-state index in [1.54, 1.807) is 0 Å². The highest BCUT2D eigenvalue weighted by molar-refractivity contribution is 9.09. The van der Waals surface area contributed by atoms with Crippen molar-refractivity contribution in [3.8, 4) is 0 Å². The largest absolute Gasteiger partial charge is 0.207 e. The molecular formula is C17H16Br2F2. The van der Waals surface area contributed by atoms with Gasteiger partial charge in [0.1, 0.15) is 11.6 Å². The Morgan fingerprint density at radius 2 is 1.33 bits per heavy atom. The fourth-order valence-electron chi connectivity index (χ4n) is 2.39. The SMILES string of the molecule is Fc1cccc(F)c1CC(CBr)(CBr)Cc1ccccc1. The van der Waals surface area contributed by atoms with Crippen molar-refractivity contribution in [2.45, 2.75) is 12.8 Å². The van der Waals surface area contributed by atoms with Crippen LogP contribution in [0.2, 0.25) is 0 Å². The topological polar surface area (TPSA) is 0 Å². The van der Waals surface area contributed by atoms with Gasteiger partial charge in [-0.1, -0.05) is 68.3 Å². The molecule has 0 saturated carbocycles. The van der Waals surface area contributed by atoms with Crippen LogP contribution < -0.4 is 0 Å². The van der Waals surface area contributed by atoms with Crippen LogP contribution in [0.3, 0.4) is 0 Å². The fraction of sp³-hybridized carbons (Fsp3) is 0.294. The van der Waals surface area contributed by atoms with Crippen LogP contribution in [0.15, 0.2) is 48.5 Å². The Labute approximate surface area is 140 Å². The Morgan fingerprint density at radius 1 is 0.762 bits per heavy atom. The quantitative estimate of drug-likeness (QED) is 0.542. The van der Waals surface area contributed by atoms with Gasteiger partial charge in [-0.3, -0.25) is 0 Å². The lowest BCUT2D eigenvalue weighted by molar-refractivity contribution is 0.370. The van der Waals surface area contributed by atoms with E-state index in [1.807, 2.05) is 30.3 Å². The normalized spacial score (nSPS) is 11.6. The number of alkyl halides is 2. The van der Waals surface area contributed by atoms with Gasteiger partial charge < -0.3 is 0 Å². The second kappa shape index (κ2) is 7.50. The average Bonchev–Trinajstić information content (AvgIpc) is 2.51. The van der Waals surface area contributed by atoms with E-state index in [4.69, 9.17) is 0 Å². The van der Waals surface area contributed by atoms with Crippen molar-refractivity contribution in [1.29, 1.82) is 0 Å². The van der Waals surface area contributed by atoms with Gasteiger partial charge in [0, 0.05) is 16.2 Å². The fourth-order valence-corrected chi connectivity index (χ4v) is 4.11. The van der Waals surface area contributed by atoms with Crippen LogP contribution in [0.1, 0.15) is 11.1 Å². The van der Waals surface area contributed by atoms with Gasteiger partial charge in [-0.15, -0.1) is 0 Å². The van der Waals surface area contributed by atoms with E-state index in [-0.39, 0.29) is 11.0 Å². The van der Waals surface area contributed by atoms with Gasteiger partial charge >= 0.3 is 0 Å². The number of hydrogen-bond donors (Lipinski definition) is 0. The summed E-state index contributed by atoms with van der Waals surface area (Å²) in [5.41, 5.74) is 1.05. The first-order valence-electron chi connectivity index (χ1n) is 6.69. The summed E-state index contributed by atoms with van der Waals surface area (Å²) in [5, 5.41) is 1.32. The van der Waals surface area contributed by atoms with Crippen molar-refractivity contribution in [2.24, 2.45) is 5.41 Å². The molecular weight excluding hydrogens is 402 g/mol. The van der Waals surface area contributed by atoms with Crippen molar-refractivity contribution >= 4 is 31.9 Å². The van der Waals surface area contributed by atoms with Crippen LogP contribution in [0.25, 0.3) is 0 Å². The molecule has 0 aliphatic rings. The zero-order valence-electron chi connectivity index (χ0n) is 11.5. The third kappa shape index (κ3) is 4.13. The standard InChI is InChI=1S/C17H16Br2F2/c18-11-17(12-19,9-13-5-2-1-3-6-13)10-14-15(20)7-4-8-16(14)21/h1-8H,9-12H2. The van der Waals surface area contributed by atoms with Crippen LogP contribution in [-0.4, -0.2) is 10.7 Å². The summed E-state index contributed by atoms with van der Waals surface area (Å²) in [7, 11) is 0. The third-order valence-corrected chi connectivity index (χ3v) is 5.98. The lowest BCUT2D eigenvalue weighted by atomic mass is 9.80. The lowest BCUT2D eigenvalue weighted by Crippen LogP contribution is -2.31. The molecule has 0 aliphatic carbocycles. The van der Waals surface area contributed by atoms with Crippen molar-refractivity contribution in [3.05, 3.63) is 71.3 Å². The Hall–Kier alpha value is -0.740. The molecule has 0 bridgehead atoms. The van der Waals surface area contributed by atoms with Crippen LogP contribution in [0.4, 0.5) is 8.78 Å². The van der Waals surface area contributed by atoms with Crippen LogP contribution in [0.5, 0.6) is 0 Å². The summed E-state index contributed by atoms with van der Waals surface area (Å²) in [6.45, 7) is 0. The minimum atomic E-state index is -0.477. The number of hydrogen-bond acceptors (Lipinski definition) is 0. The van der Waals surface area contributed by atoms with Crippen LogP contribution >= 0.6 is 31.9 Å². The molecule has 2 aromatic carbocycles. The summed E-state index contributed by atoms with van der Waals surface area (Å²) in [4.78, 5) is 0. The van der Waals surface area contributed by atoms with E-state index in [1.165, 1.54) is 18.2 Å². The first-order chi connectivity index (χ1) is 10.1. The van der Waals surface area contributed by atoms with Crippen LogP contribution in [0, 0.1) is 17.0 Å². The maximum Gasteiger partial charge on any atom is 0.129 e. The monoisotopic (exact) mass is 416 g/mol. The van der Waals surface area contributed by atoms with E-state index >= 15 is 0 Å². The first-order valence-corrected chi connectivity index (χ1v) is 8.93. The molecule has 2 aromatic rings. The zero-order valence-corrected chi connectivity index (χ0v) is 14.6.